The van der Waals surface area contributed by atoms with Crippen LogP contribution < -0.4 is 5.32 Å². The number of aliphatic hydroxyl groups is 3. The number of amides is 1. The third-order valence-corrected chi connectivity index (χ3v) is 5.08. The second-order valence-corrected chi connectivity index (χ2v) is 7.61. The Kier molecular flexibility index (Phi) is 8.64. The molecule has 29 heavy (non-hydrogen) atoms. The molecule has 5 N–H and O–H groups in total. The van der Waals surface area contributed by atoms with Gasteiger partial charge >= 0.3 is 0 Å². The number of allylic oxidation sites excluding steroid dienone is 3. The summed E-state index contributed by atoms with van der Waals surface area (Å²) in [5.74, 6) is -0.641. The molecular weight excluding hydrogens is 370 g/mol. The number of aromatic hydroxyl groups is 1. The molecule has 1 heterocycles. The first-order valence-electron chi connectivity index (χ1n) is 9.93. The average molecular weight is 402 g/mol. The molecule has 1 aliphatic rings. The molecule has 1 aromatic carbocycles. The predicted octanol–water partition coefficient (Wildman–Crippen LogP) is 2.83. The van der Waals surface area contributed by atoms with Crippen LogP contribution in [0.5, 0.6) is 5.75 Å². The summed E-state index contributed by atoms with van der Waals surface area (Å²) < 4.78 is 0. The Morgan fingerprint density at radius 2 is 1.86 bits per heavy atom. The molecule has 4 atom stereocenters. The molecule has 0 spiro atoms. The van der Waals surface area contributed by atoms with Gasteiger partial charge in [-0.25, -0.2) is 0 Å². The van der Waals surface area contributed by atoms with Gasteiger partial charge in [0.2, 0.25) is 5.91 Å². The van der Waals surface area contributed by atoms with E-state index in [9.17, 15) is 25.2 Å². The van der Waals surface area contributed by atoms with Crippen LogP contribution in [-0.2, 0) is 11.2 Å². The second-order valence-electron chi connectivity index (χ2n) is 7.61. The van der Waals surface area contributed by atoms with Crippen LogP contribution in [0.1, 0.15) is 38.7 Å². The normalized spacial score (nSPS) is 31.3. The fraction of sp³-hybridized carbons (Fsp3) is 0.435. The van der Waals surface area contributed by atoms with Gasteiger partial charge in [0.15, 0.2) is 0 Å². The van der Waals surface area contributed by atoms with Crippen molar-refractivity contribution in [2.24, 2.45) is 5.92 Å². The molecule has 0 fully saturated rings. The van der Waals surface area contributed by atoms with E-state index in [1.54, 1.807) is 37.3 Å². The van der Waals surface area contributed by atoms with Gasteiger partial charge in [-0.05, 0) is 49.5 Å². The first-order valence-corrected chi connectivity index (χ1v) is 9.93. The van der Waals surface area contributed by atoms with E-state index in [0.29, 0.717) is 24.9 Å². The number of hydrogen-bond acceptors (Lipinski definition) is 5. The average Bonchev–Trinajstić information content (AvgIpc) is 2.64. The van der Waals surface area contributed by atoms with Gasteiger partial charge in [0.1, 0.15) is 5.75 Å². The van der Waals surface area contributed by atoms with E-state index >= 15 is 0 Å². The van der Waals surface area contributed by atoms with E-state index in [1.807, 2.05) is 13.0 Å². The van der Waals surface area contributed by atoms with Gasteiger partial charge in [0.05, 0.1) is 24.7 Å². The Labute approximate surface area is 171 Å². The zero-order valence-electron chi connectivity index (χ0n) is 17.0. The summed E-state index contributed by atoms with van der Waals surface area (Å²) in [4.78, 5) is 12.1. The Bertz CT molecular complexity index is 783. The molecule has 2 rings (SSSR count). The lowest BCUT2D eigenvalue weighted by molar-refractivity contribution is -0.117. The summed E-state index contributed by atoms with van der Waals surface area (Å²) in [5.41, 5.74) is 2.10. The third kappa shape index (κ3) is 7.49. The van der Waals surface area contributed by atoms with Crippen LogP contribution in [0.2, 0.25) is 0 Å². The van der Waals surface area contributed by atoms with Crippen molar-refractivity contribution in [3.8, 4) is 5.75 Å². The van der Waals surface area contributed by atoms with Crippen LogP contribution >= 0.6 is 0 Å². The van der Waals surface area contributed by atoms with Crippen LogP contribution in [0.15, 0.2) is 54.2 Å². The van der Waals surface area contributed by atoms with Crippen LogP contribution in [0.4, 0.5) is 5.69 Å². The van der Waals surface area contributed by atoms with E-state index in [4.69, 9.17) is 0 Å². The highest BCUT2D eigenvalue weighted by molar-refractivity contribution is 5.91. The number of carbonyl (C=O) groups is 1. The number of nitrogens with one attached hydrogen (secondary N) is 1. The Morgan fingerprint density at radius 3 is 2.62 bits per heavy atom. The zero-order chi connectivity index (χ0) is 21.4. The van der Waals surface area contributed by atoms with Crippen LogP contribution in [0, 0.1) is 5.92 Å². The quantitative estimate of drug-likeness (QED) is 0.430. The summed E-state index contributed by atoms with van der Waals surface area (Å²) in [6, 6.07) is 4.87. The van der Waals surface area contributed by atoms with Crippen molar-refractivity contribution < 1.29 is 25.2 Å². The van der Waals surface area contributed by atoms with Crippen LogP contribution in [0.25, 0.3) is 0 Å². The fourth-order valence-corrected chi connectivity index (χ4v) is 3.28. The van der Waals surface area contributed by atoms with Gasteiger partial charge in [0.25, 0.3) is 0 Å². The standard InChI is InChI=1S/C23H31NO5/c1-15-7-6-8-17-11-18(13-20(26)12-17)24-22(28)14-19(25)9-4-3-5-10-21(27)16(2)23(15)29/h3-5,7,9,11-13,16,19,21,23,25-27,29H,6,8,10,14H2,1-2H3,(H,24,28)/b5-3+,9-4+,15-7-/t16-,19-,21-,23-/m0/s1. The smallest absolute Gasteiger partial charge is 0.227 e. The summed E-state index contributed by atoms with van der Waals surface area (Å²) in [6.07, 6.45) is 7.63. The van der Waals surface area contributed by atoms with Gasteiger partial charge in [0, 0.05) is 17.7 Å². The maximum atomic E-state index is 12.1. The van der Waals surface area contributed by atoms with Crippen molar-refractivity contribution >= 4 is 11.6 Å². The SMILES string of the molecule is C/C1=C/CCc2cc(O)cc(c2)NC(=O)C[C@@H](O)/C=C/C=C/C[C@H](O)[C@H](C)[C@H]1O. The molecule has 158 valence electrons. The largest absolute Gasteiger partial charge is 0.508 e. The topological polar surface area (TPSA) is 110 Å². The predicted molar refractivity (Wildman–Crippen MR) is 114 cm³/mol. The summed E-state index contributed by atoms with van der Waals surface area (Å²) in [6.45, 7) is 3.64. The number of benzene rings is 1. The first kappa shape index (κ1) is 22.9. The number of hydrogen-bond donors (Lipinski definition) is 5. The molecule has 0 saturated carbocycles. The molecule has 6 heteroatoms. The number of anilines is 1. The van der Waals surface area contributed by atoms with Crippen molar-refractivity contribution in [2.75, 3.05) is 5.32 Å². The van der Waals surface area contributed by atoms with E-state index < -0.39 is 18.3 Å². The van der Waals surface area contributed by atoms with E-state index in [-0.39, 0.29) is 24.0 Å². The zero-order valence-corrected chi connectivity index (χ0v) is 17.0. The van der Waals surface area contributed by atoms with Gasteiger partial charge < -0.3 is 25.7 Å². The minimum absolute atomic E-state index is 0.0479. The van der Waals surface area contributed by atoms with Crippen molar-refractivity contribution in [1.29, 1.82) is 0 Å². The van der Waals surface area contributed by atoms with Gasteiger partial charge in [-0.3, -0.25) is 4.79 Å². The van der Waals surface area contributed by atoms with E-state index in [0.717, 1.165) is 11.1 Å². The van der Waals surface area contributed by atoms with E-state index in [1.165, 1.54) is 12.1 Å². The Balaban J connectivity index is 2.24. The van der Waals surface area contributed by atoms with Gasteiger partial charge in [-0.15, -0.1) is 0 Å². The summed E-state index contributed by atoms with van der Waals surface area (Å²) in [7, 11) is 0. The molecule has 6 nitrogen and oxygen atoms in total. The number of rotatable bonds is 0. The minimum Gasteiger partial charge on any atom is -0.508 e. The fourth-order valence-electron chi connectivity index (χ4n) is 3.28. The maximum absolute atomic E-state index is 12.1. The van der Waals surface area contributed by atoms with Crippen molar-refractivity contribution in [1.82, 2.24) is 0 Å². The molecule has 2 bridgehead atoms. The third-order valence-electron chi connectivity index (χ3n) is 5.08. The van der Waals surface area contributed by atoms with Crippen molar-refractivity contribution in [3.63, 3.8) is 0 Å². The minimum atomic E-state index is -0.948. The van der Waals surface area contributed by atoms with Crippen molar-refractivity contribution in [2.45, 2.75) is 57.8 Å². The second kappa shape index (κ2) is 11.0. The monoisotopic (exact) mass is 401 g/mol. The molecule has 1 aromatic rings. The molecule has 0 aliphatic carbocycles. The maximum Gasteiger partial charge on any atom is 0.227 e. The number of phenolic OH excluding ortho intramolecular Hbond substituents is 1. The highest BCUT2D eigenvalue weighted by Gasteiger charge is 2.22. The molecular formula is C23H31NO5. The lowest BCUT2D eigenvalue weighted by Crippen LogP contribution is -2.30. The number of aliphatic hydroxyl groups excluding tert-OH is 3. The lowest BCUT2D eigenvalue weighted by atomic mass is 9.90. The summed E-state index contributed by atoms with van der Waals surface area (Å²) in [5, 5.41) is 43.4. The molecule has 1 amide bonds. The molecule has 0 saturated heterocycles. The summed E-state index contributed by atoms with van der Waals surface area (Å²) >= 11 is 0. The molecule has 0 aromatic heterocycles. The molecule has 1 aliphatic heterocycles. The van der Waals surface area contributed by atoms with E-state index in [2.05, 4.69) is 5.32 Å². The number of carbonyl (C=O) groups excluding carboxylic acids is 1. The van der Waals surface area contributed by atoms with Gasteiger partial charge in [-0.2, -0.15) is 0 Å². The van der Waals surface area contributed by atoms with Crippen LogP contribution in [0.3, 0.4) is 0 Å². The lowest BCUT2D eigenvalue weighted by Gasteiger charge is -2.24. The highest BCUT2D eigenvalue weighted by atomic mass is 16.3. The van der Waals surface area contributed by atoms with Crippen LogP contribution in [-0.4, -0.2) is 44.6 Å². The number of aryl methyl sites for hydroxylation is 1. The Hall–Kier alpha value is -2.41. The first-order chi connectivity index (χ1) is 13.8. The molecule has 0 radical (unpaired) electrons. The number of phenols is 1. The van der Waals surface area contributed by atoms with Gasteiger partial charge in [-0.1, -0.05) is 37.3 Å². The van der Waals surface area contributed by atoms with Crippen molar-refractivity contribution in [3.05, 3.63) is 59.7 Å². The Morgan fingerprint density at radius 1 is 1.10 bits per heavy atom. The number of fused-ring (bicyclic) bond motifs is 2. The highest BCUT2D eigenvalue weighted by Crippen LogP contribution is 2.23. The molecule has 0 unspecified atom stereocenters.